The summed E-state index contributed by atoms with van der Waals surface area (Å²) in [5.41, 5.74) is 3.94. The first-order valence-electron chi connectivity index (χ1n) is 7.28. The van der Waals surface area contributed by atoms with Gasteiger partial charge in [0.25, 0.3) is 5.91 Å². The lowest BCUT2D eigenvalue weighted by molar-refractivity contribution is 0.102. The largest absolute Gasteiger partial charge is 0.318 e. The number of amides is 1. The summed E-state index contributed by atoms with van der Waals surface area (Å²) in [6.07, 6.45) is 3.39. The number of rotatable bonds is 4. The normalized spacial score (nSPS) is 11.0. The molecule has 23 heavy (non-hydrogen) atoms. The average Bonchev–Trinajstić information content (AvgIpc) is 3.16. The number of carbonyl (C=O) groups excluding carboxylic acids is 1. The van der Waals surface area contributed by atoms with Crippen molar-refractivity contribution in [3.8, 4) is 0 Å². The molecule has 1 amide bonds. The highest BCUT2D eigenvalue weighted by Crippen LogP contribution is 2.13. The van der Waals surface area contributed by atoms with Crippen LogP contribution in [0.15, 0.2) is 24.5 Å². The van der Waals surface area contributed by atoms with E-state index in [2.05, 4.69) is 20.6 Å². The lowest BCUT2D eigenvalue weighted by Crippen LogP contribution is -2.16. The predicted octanol–water partition coefficient (Wildman–Crippen LogP) is 1.50. The minimum absolute atomic E-state index is 0.256. The SMILES string of the molecule is Cc1cc(C)n(Cn2ccc(C(=O)Nc3cnn(C)c3C)n2)n1. The molecule has 0 atom stereocenters. The maximum atomic E-state index is 12.3. The molecule has 1 N–H and O–H groups in total. The van der Waals surface area contributed by atoms with Gasteiger partial charge in [-0.25, -0.2) is 4.68 Å². The zero-order valence-corrected chi connectivity index (χ0v) is 13.6. The molecule has 0 aromatic carbocycles. The van der Waals surface area contributed by atoms with E-state index in [-0.39, 0.29) is 5.91 Å². The van der Waals surface area contributed by atoms with Crippen LogP contribution in [0.4, 0.5) is 5.69 Å². The molecule has 8 heteroatoms. The third-order valence-electron chi connectivity index (χ3n) is 3.74. The van der Waals surface area contributed by atoms with E-state index in [1.54, 1.807) is 27.8 Å². The Morgan fingerprint density at radius 2 is 2.04 bits per heavy atom. The fraction of sp³-hybridized carbons (Fsp3) is 0.333. The summed E-state index contributed by atoms with van der Waals surface area (Å²) >= 11 is 0. The van der Waals surface area contributed by atoms with E-state index in [0.717, 1.165) is 17.1 Å². The van der Waals surface area contributed by atoms with Crippen molar-refractivity contribution in [1.29, 1.82) is 0 Å². The number of nitrogens with zero attached hydrogens (tertiary/aromatic N) is 6. The van der Waals surface area contributed by atoms with Crippen molar-refractivity contribution in [2.24, 2.45) is 7.05 Å². The molecular weight excluding hydrogens is 294 g/mol. The first-order valence-corrected chi connectivity index (χ1v) is 7.28. The van der Waals surface area contributed by atoms with Crippen molar-refractivity contribution in [2.75, 3.05) is 5.32 Å². The summed E-state index contributed by atoms with van der Waals surface area (Å²) in [6.45, 7) is 6.30. The Balaban J connectivity index is 1.72. The predicted molar refractivity (Wildman–Crippen MR) is 85.2 cm³/mol. The lowest BCUT2D eigenvalue weighted by atomic mass is 10.3. The smallest absolute Gasteiger partial charge is 0.276 e. The molecule has 3 heterocycles. The molecule has 0 bridgehead atoms. The monoisotopic (exact) mass is 313 g/mol. The molecule has 3 aromatic rings. The van der Waals surface area contributed by atoms with Gasteiger partial charge in [0.2, 0.25) is 0 Å². The van der Waals surface area contributed by atoms with Gasteiger partial charge in [0.05, 0.1) is 23.3 Å². The highest BCUT2D eigenvalue weighted by atomic mass is 16.2. The number of nitrogens with one attached hydrogen (secondary N) is 1. The van der Waals surface area contributed by atoms with Crippen molar-refractivity contribution < 1.29 is 4.79 Å². The van der Waals surface area contributed by atoms with E-state index in [9.17, 15) is 4.79 Å². The van der Waals surface area contributed by atoms with Crippen LogP contribution in [-0.4, -0.2) is 35.2 Å². The summed E-state index contributed by atoms with van der Waals surface area (Å²) < 4.78 is 5.23. The average molecular weight is 313 g/mol. The number of anilines is 1. The lowest BCUT2D eigenvalue weighted by Gasteiger charge is -2.04. The molecule has 120 valence electrons. The molecule has 0 fully saturated rings. The molecule has 0 unspecified atom stereocenters. The maximum absolute atomic E-state index is 12.3. The highest BCUT2D eigenvalue weighted by molar-refractivity contribution is 6.03. The van der Waals surface area contributed by atoms with Gasteiger partial charge in [-0.2, -0.15) is 15.3 Å². The van der Waals surface area contributed by atoms with Gasteiger partial charge in [-0.1, -0.05) is 0 Å². The van der Waals surface area contributed by atoms with Crippen molar-refractivity contribution in [3.63, 3.8) is 0 Å². The number of hydrogen-bond donors (Lipinski definition) is 1. The molecule has 3 aromatic heterocycles. The van der Waals surface area contributed by atoms with Crippen molar-refractivity contribution >= 4 is 11.6 Å². The summed E-state index contributed by atoms with van der Waals surface area (Å²) in [5, 5.41) is 15.6. The summed E-state index contributed by atoms with van der Waals surface area (Å²) in [4.78, 5) is 12.3. The van der Waals surface area contributed by atoms with E-state index in [0.29, 0.717) is 18.1 Å². The second kappa shape index (κ2) is 5.71. The number of aromatic nitrogens is 6. The number of aryl methyl sites for hydroxylation is 3. The van der Waals surface area contributed by atoms with Gasteiger partial charge in [-0.05, 0) is 32.9 Å². The van der Waals surface area contributed by atoms with Crippen LogP contribution in [-0.2, 0) is 13.7 Å². The van der Waals surface area contributed by atoms with Crippen molar-refractivity contribution in [3.05, 3.63) is 47.3 Å². The van der Waals surface area contributed by atoms with Crippen molar-refractivity contribution in [2.45, 2.75) is 27.4 Å². The molecule has 0 aliphatic heterocycles. The molecule has 0 aliphatic carbocycles. The molecule has 0 spiro atoms. The third-order valence-corrected chi connectivity index (χ3v) is 3.74. The fourth-order valence-corrected chi connectivity index (χ4v) is 2.32. The van der Waals surface area contributed by atoms with Gasteiger partial charge in [-0.3, -0.25) is 14.2 Å². The third kappa shape index (κ3) is 3.01. The van der Waals surface area contributed by atoms with E-state index < -0.39 is 0 Å². The highest BCUT2D eigenvalue weighted by Gasteiger charge is 2.13. The number of hydrogen-bond acceptors (Lipinski definition) is 4. The van der Waals surface area contributed by atoms with E-state index in [4.69, 9.17) is 0 Å². The van der Waals surface area contributed by atoms with Gasteiger partial charge in [-0.15, -0.1) is 0 Å². The molecule has 8 nitrogen and oxygen atoms in total. The first kappa shape index (κ1) is 15.0. The summed E-state index contributed by atoms with van der Waals surface area (Å²) in [7, 11) is 1.83. The van der Waals surface area contributed by atoms with Crippen LogP contribution < -0.4 is 5.32 Å². The number of carbonyl (C=O) groups is 1. The standard InChI is InChI=1S/C15H19N7O/c1-10-7-11(2)22(18-10)9-21-6-5-13(19-21)15(23)17-14-8-16-20(4)12(14)3/h5-8H,9H2,1-4H3,(H,17,23). The van der Waals surface area contributed by atoms with Crippen LogP contribution in [0, 0.1) is 20.8 Å². The molecule has 0 saturated carbocycles. The zero-order valence-electron chi connectivity index (χ0n) is 13.6. The van der Waals surface area contributed by atoms with Crippen LogP contribution >= 0.6 is 0 Å². The van der Waals surface area contributed by atoms with Crippen LogP contribution in [0.3, 0.4) is 0 Å². The van der Waals surface area contributed by atoms with Crippen LogP contribution in [0.1, 0.15) is 27.6 Å². The fourth-order valence-electron chi connectivity index (χ4n) is 2.32. The zero-order chi connectivity index (χ0) is 16.6. The summed E-state index contributed by atoms with van der Waals surface area (Å²) in [5.74, 6) is -0.256. The topological polar surface area (TPSA) is 82.6 Å². The van der Waals surface area contributed by atoms with Crippen LogP contribution in [0.25, 0.3) is 0 Å². The van der Waals surface area contributed by atoms with E-state index in [1.807, 2.05) is 38.6 Å². The van der Waals surface area contributed by atoms with Crippen molar-refractivity contribution in [1.82, 2.24) is 29.3 Å². The van der Waals surface area contributed by atoms with Gasteiger partial charge in [0.15, 0.2) is 5.69 Å². The molecular formula is C15H19N7O. The van der Waals surface area contributed by atoms with Gasteiger partial charge >= 0.3 is 0 Å². The Labute approximate surface area is 133 Å². The molecule has 0 radical (unpaired) electrons. The molecule has 0 saturated heterocycles. The first-order chi connectivity index (χ1) is 10.9. The minimum Gasteiger partial charge on any atom is -0.318 e. The van der Waals surface area contributed by atoms with Gasteiger partial charge < -0.3 is 5.32 Å². The molecule has 0 aliphatic rings. The Kier molecular flexibility index (Phi) is 3.73. The van der Waals surface area contributed by atoms with Gasteiger partial charge in [0, 0.05) is 18.9 Å². The Bertz CT molecular complexity index is 855. The second-order valence-corrected chi connectivity index (χ2v) is 5.53. The maximum Gasteiger partial charge on any atom is 0.276 e. The Hall–Kier alpha value is -2.90. The van der Waals surface area contributed by atoms with Crippen LogP contribution in [0.2, 0.25) is 0 Å². The van der Waals surface area contributed by atoms with Gasteiger partial charge in [0.1, 0.15) is 6.67 Å². The molecule has 3 rings (SSSR count). The van der Waals surface area contributed by atoms with Crippen LogP contribution in [0.5, 0.6) is 0 Å². The van der Waals surface area contributed by atoms with E-state index in [1.165, 1.54) is 0 Å². The second-order valence-electron chi connectivity index (χ2n) is 5.53. The Morgan fingerprint density at radius 3 is 2.65 bits per heavy atom. The van der Waals surface area contributed by atoms with E-state index >= 15 is 0 Å². The quantitative estimate of drug-likeness (QED) is 0.791. The minimum atomic E-state index is -0.256. The summed E-state index contributed by atoms with van der Waals surface area (Å²) in [6, 6.07) is 3.69. The Morgan fingerprint density at radius 1 is 1.26 bits per heavy atom.